The number of aliphatic carboxylic acids is 1. The zero-order chi connectivity index (χ0) is 24.7. The molecule has 1 fully saturated rings. The van der Waals surface area contributed by atoms with Gasteiger partial charge in [0.15, 0.2) is 29.3 Å². The van der Waals surface area contributed by atoms with Crippen molar-refractivity contribution in [2.75, 3.05) is 18.6 Å². The molecule has 2 aliphatic heterocycles. The third-order valence-electron chi connectivity index (χ3n) is 6.19. The number of rotatable bonds is 7. The molecule has 11 nitrogen and oxygen atoms in total. The summed E-state index contributed by atoms with van der Waals surface area (Å²) < 4.78 is 2.05. The Morgan fingerprint density at radius 2 is 2.26 bits per heavy atom. The molecule has 2 unspecified atom stereocenters. The minimum absolute atomic E-state index is 0.120. The normalized spacial score (nSPS) is 21.3. The van der Waals surface area contributed by atoms with Crippen molar-refractivity contribution in [1.82, 2.24) is 15.2 Å². The van der Waals surface area contributed by atoms with E-state index in [2.05, 4.69) is 26.1 Å². The first-order valence-electron chi connectivity index (χ1n) is 10.9. The van der Waals surface area contributed by atoms with Crippen LogP contribution >= 0.6 is 23.1 Å². The van der Waals surface area contributed by atoms with Crippen molar-refractivity contribution in [3.63, 3.8) is 0 Å². The molecule has 2 aromatic heterocycles. The lowest BCUT2D eigenvalue weighted by molar-refractivity contribution is -0.696. The van der Waals surface area contributed by atoms with Gasteiger partial charge < -0.3 is 25.8 Å². The molecule has 3 aliphatic rings. The molecule has 182 valence electrons. The molecular weight excluding hydrogens is 492 g/mol. The Labute approximate surface area is 208 Å². The number of thioether (sulfide) groups is 1. The Hall–Kier alpha value is -3.45. The van der Waals surface area contributed by atoms with E-state index in [-0.39, 0.29) is 22.2 Å². The number of nitrogens with one attached hydrogen (secondary N) is 1. The molecule has 4 heterocycles. The standard InChI is InChI=1S/C22H22N6O5S2/c1-33-26-15(13-10-35-22(23)24-13)18(29)25-16-19(30)28-17(21(31)32)12(9-34-20(16)28)8-27-7-3-5-11-4-2-6-14(11)27/h3,5,7,10,16,20H,2,4,6,8-9H2,1H3,(H3-,23,24,25,29,31,32)/b26-15-. The first-order chi connectivity index (χ1) is 16.9. The smallest absolute Gasteiger partial charge is 0.276 e. The van der Waals surface area contributed by atoms with Crippen molar-refractivity contribution in [2.24, 2.45) is 5.16 Å². The number of carbonyl (C=O) groups is 3. The molecule has 2 atom stereocenters. The Balaban J connectivity index is 1.36. The molecule has 0 bridgehead atoms. The van der Waals surface area contributed by atoms with Crippen LogP contribution in [0.25, 0.3) is 0 Å². The maximum absolute atomic E-state index is 13.0. The van der Waals surface area contributed by atoms with Gasteiger partial charge in [-0.3, -0.25) is 14.5 Å². The second-order valence-corrected chi connectivity index (χ2v) is 10.3. The summed E-state index contributed by atoms with van der Waals surface area (Å²) in [5.41, 5.74) is 8.69. The van der Waals surface area contributed by atoms with Gasteiger partial charge in [-0.25, -0.2) is 4.98 Å². The van der Waals surface area contributed by atoms with Crippen molar-refractivity contribution in [3.8, 4) is 0 Å². The number of carboxylic acids is 1. The van der Waals surface area contributed by atoms with Crippen molar-refractivity contribution in [3.05, 3.63) is 51.9 Å². The third kappa shape index (κ3) is 4.14. The van der Waals surface area contributed by atoms with Crippen LogP contribution in [0.5, 0.6) is 0 Å². The van der Waals surface area contributed by atoms with E-state index in [0.717, 1.165) is 30.6 Å². The topological polar surface area (TPSA) is 154 Å². The molecule has 2 amide bonds. The van der Waals surface area contributed by atoms with E-state index in [1.165, 1.54) is 35.0 Å². The highest BCUT2D eigenvalue weighted by atomic mass is 32.2. The van der Waals surface area contributed by atoms with E-state index in [4.69, 9.17) is 10.6 Å². The van der Waals surface area contributed by atoms with Gasteiger partial charge in [0, 0.05) is 34.8 Å². The number of oxime groups is 1. The number of pyridine rings is 1. The Morgan fingerprint density at radius 1 is 1.43 bits per heavy atom. The Bertz CT molecular complexity index is 1290. The van der Waals surface area contributed by atoms with E-state index < -0.39 is 29.2 Å². The van der Waals surface area contributed by atoms with Crippen molar-refractivity contribution >= 4 is 51.7 Å². The van der Waals surface area contributed by atoms with Crippen LogP contribution in [0, 0.1) is 0 Å². The van der Waals surface area contributed by atoms with E-state index in [0.29, 0.717) is 17.9 Å². The summed E-state index contributed by atoms with van der Waals surface area (Å²) >= 11 is 2.53. The number of aromatic nitrogens is 2. The molecule has 1 aliphatic carbocycles. The average Bonchev–Trinajstić information content (AvgIpc) is 3.49. The van der Waals surface area contributed by atoms with Crippen LogP contribution in [0.2, 0.25) is 0 Å². The van der Waals surface area contributed by atoms with Crippen LogP contribution < -0.4 is 20.7 Å². The van der Waals surface area contributed by atoms with Crippen LogP contribution in [-0.2, 0) is 38.6 Å². The number of nitrogens with two attached hydrogens (primary N) is 1. The lowest BCUT2D eigenvalue weighted by Crippen LogP contribution is -2.71. The van der Waals surface area contributed by atoms with Gasteiger partial charge in [0.1, 0.15) is 24.2 Å². The lowest BCUT2D eigenvalue weighted by atomic mass is 10.0. The Kier molecular flexibility index (Phi) is 6.19. The number of amides is 2. The molecule has 0 aromatic carbocycles. The number of nitrogens with zero attached hydrogens (tertiary/aromatic N) is 4. The summed E-state index contributed by atoms with van der Waals surface area (Å²) in [6.07, 6.45) is 4.94. The monoisotopic (exact) mass is 514 g/mol. The first-order valence-corrected chi connectivity index (χ1v) is 12.8. The number of anilines is 1. The summed E-state index contributed by atoms with van der Waals surface area (Å²) in [6.45, 7) is 0.364. The summed E-state index contributed by atoms with van der Waals surface area (Å²) in [4.78, 5) is 48.0. The fourth-order valence-electron chi connectivity index (χ4n) is 4.66. The second-order valence-electron chi connectivity index (χ2n) is 8.26. The zero-order valence-corrected chi connectivity index (χ0v) is 20.4. The largest absolute Gasteiger partial charge is 0.543 e. The zero-order valence-electron chi connectivity index (χ0n) is 18.7. The highest BCUT2D eigenvalue weighted by molar-refractivity contribution is 8.00. The molecule has 2 aromatic rings. The highest BCUT2D eigenvalue weighted by Crippen LogP contribution is 2.40. The summed E-state index contributed by atoms with van der Waals surface area (Å²) in [5, 5.41) is 19.7. The van der Waals surface area contributed by atoms with Crippen molar-refractivity contribution < 1.29 is 28.9 Å². The number of carboxylic acid groups (broad SMARTS) is 1. The molecule has 0 radical (unpaired) electrons. The maximum atomic E-state index is 13.0. The lowest BCUT2D eigenvalue weighted by Gasteiger charge is -2.50. The van der Waals surface area contributed by atoms with Crippen molar-refractivity contribution in [1.29, 1.82) is 0 Å². The van der Waals surface area contributed by atoms with E-state index in [1.54, 1.807) is 5.38 Å². The van der Waals surface area contributed by atoms with Crippen LogP contribution in [0.1, 0.15) is 23.4 Å². The number of hydrogen-bond acceptors (Lipinski definition) is 10. The fraction of sp³-hybridized carbons (Fsp3) is 0.364. The molecular formula is C22H22N6O5S2. The van der Waals surface area contributed by atoms with Gasteiger partial charge in [0.05, 0.1) is 11.7 Å². The van der Waals surface area contributed by atoms with Gasteiger partial charge in [0.25, 0.3) is 11.8 Å². The predicted molar refractivity (Wildman–Crippen MR) is 126 cm³/mol. The molecule has 5 rings (SSSR count). The number of thiazole rings is 1. The highest BCUT2D eigenvalue weighted by Gasteiger charge is 2.53. The number of nitrogen functional groups attached to an aromatic ring is 1. The van der Waals surface area contributed by atoms with Gasteiger partial charge in [-0.1, -0.05) is 5.16 Å². The van der Waals surface area contributed by atoms with Crippen LogP contribution in [0.4, 0.5) is 5.13 Å². The van der Waals surface area contributed by atoms with E-state index in [1.807, 2.05) is 12.3 Å². The molecule has 13 heteroatoms. The van der Waals surface area contributed by atoms with E-state index in [9.17, 15) is 19.5 Å². The summed E-state index contributed by atoms with van der Waals surface area (Å²) in [7, 11) is 1.29. The number of fused-ring (bicyclic) bond motifs is 2. The molecule has 0 saturated carbocycles. The number of hydrogen-bond donors (Lipinski definition) is 2. The SMILES string of the molecule is CO/N=C(\C(=O)NC1C(=O)N2C(C(=O)[O-])=C(C[n+]3cccc4c3CCC4)CSC12)c1csc(N)n1. The second kappa shape index (κ2) is 9.30. The number of carbonyl (C=O) groups excluding carboxylic acids is 3. The van der Waals surface area contributed by atoms with Crippen molar-refractivity contribution in [2.45, 2.75) is 37.2 Å². The van der Waals surface area contributed by atoms with Gasteiger partial charge in [-0.05, 0) is 18.9 Å². The Morgan fingerprint density at radius 3 is 2.97 bits per heavy atom. The predicted octanol–water partition coefficient (Wildman–Crippen LogP) is -1.04. The fourth-order valence-corrected chi connectivity index (χ4v) is 6.54. The maximum Gasteiger partial charge on any atom is 0.276 e. The molecule has 35 heavy (non-hydrogen) atoms. The molecule has 3 N–H and O–H groups in total. The van der Waals surface area contributed by atoms with Gasteiger partial charge in [-0.15, -0.1) is 23.1 Å². The van der Waals surface area contributed by atoms with Gasteiger partial charge >= 0.3 is 0 Å². The van der Waals surface area contributed by atoms with Crippen LogP contribution in [-0.4, -0.2) is 57.7 Å². The van der Waals surface area contributed by atoms with Crippen LogP contribution in [0.15, 0.2) is 40.1 Å². The van der Waals surface area contributed by atoms with E-state index >= 15 is 0 Å². The average molecular weight is 515 g/mol. The first kappa shape index (κ1) is 23.3. The van der Waals surface area contributed by atoms with Gasteiger partial charge in [0.2, 0.25) is 0 Å². The minimum atomic E-state index is -1.41. The van der Waals surface area contributed by atoms with Gasteiger partial charge in [-0.2, -0.15) is 4.57 Å². The third-order valence-corrected chi connectivity index (χ3v) is 8.20. The molecule has 1 saturated heterocycles. The van der Waals surface area contributed by atoms with Crippen LogP contribution in [0.3, 0.4) is 0 Å². The summed E-state index contributed by atoms with van der Waals surface area (Å²) in [5.74, 6) is -2.21. The number of β-lactam (4-membered cyclic amide) rings is 1. The quantitative estimate of drug-likeness (QED) is 0.206. The minimum Gasteiger partial charge on any atom is -0.543 e. The summed E-state index contributed by atoms with van der Waals surface area (Å²) in [6, 6.07) is 3.12. The number of aryl methyl sites for hydroxylation is 1. The molecule has 0 spiro atoms.